The second-order valence-corrected chi connectivity index (χ2v) is 7.07. The molecule has 0 heterocycles. The van der Waals surface area contributed by atoms with E-state index in [1.165, 1.54) is 32.1 Å². The Morgan fingerprint density at radius 2 is 1.74 bits per heavy atom. The minimum atomic E-state index is 0.501. The summed E-state index contributed by atoms with van der Waals surface area (Å²) in [6.45, 7) is 6.94. The molecule has 1 fully saturated rings. The van der Waals surface area contributed by atoms with Gasteiger partial charge in [0.15, 0.2) is 0 Å². The third-order valence-corrected chi connectivity index (χ3v) is 5.61. The van der Waals surface area contributed by atoms with E-state index >= 15 is 0 Å². The lowest BCUT2D eigenvalue weighted by atomic mass is 9.78. The molecule has 4 unspecified atom stereocenters. The van der Waals surface area contributed by atoms with Gasteiger partial charge in [0.05, 0.1) is 0 Å². The van der Waals surface area contributed by atoms with Crippen molar-refractivity contribution in [2.45, 2.75) is 58.8 Å². The van der Waals surface area contributed by atoms with Crippen LogP contribution < -0.4 is 0 Å². The van der Waals surface area contributed by atoms with E-state index in [9.17, 15) is 0 Å². The summed E-state index contributed by atoms with van der Waals surface area (Å²) >= 11 is 0. The van der Waals surface area contributed by atoms with E-state index in [1.807, 2.05) is 0 Å². The monoisotopic (exact) mass is 306 g/mol. The van der Waals surface area contributed by atoms with Crippen LogP contribution in [0.5, 0.6) is 0 Å². The lowest BCUT2D eigenvalue weighted by molar-refractivity contribution is 0.383. The Morgan fingerprint density at radius 3 is 2.48 bits per heavy atom. The summed E-state index contributed by atoms with van der Waals surface area (Å²) in [4.78, 5) is 0. The quantitative estimate of drug-likeness (QED) is 0.591. The largest absolute Gasteiger partial charge is 0.0805 e. The van der Waals surface area contributed by atoms with E-state index in [2.05, 4.69) is 69.7 Å². The molecule has 0 nitrogen and oxygen atoms in total. The van der Waals surface area contributed by atoms with Crippen LogP contribution in [0.25, 0.3) is 0 Å². The van der Waals surface area contributed by atoms with Crippen molar-refractivity contribution in [2.24, 2.45) is 17.8 Å². The molecule has 0 saturated heterocycles. The molecule has 1 aromatic rings. The highest BCUT2D eigenvalue weighted by atomic mass is 14.5. The van der Waals surface area contributed by atoms with Crippen molar-refractivity contribution < 1.29 is 0 Å². The molecule has 0 amide bonds. The third-order valence-electron chi connectivity index (χ3n) is 5.61. The fourth-order valence-electron chi connectivity index (χ4n) is 4.59. The molecule has 0 spiro atoms. The molecular weight excluding hydrogens is 276 g/mol. The lowest BCUT2D eigenvalue weighted by Crippen LogP contribution is -2.16. The van der Waals surface area contributed by atoms with E-state index in [0.29, 0.717) is 23.7 Å². The first-order chi connectivity index (χ1) is 11.3. The van der Waals surface area contributed by atoms with Gasteiger partial charge < -0.3 is 0 Å². The number of fused-ring (bicyclic) bond motifs is 1. The van der Waals surface area contributed by atoms with Crippen molar-refractivity contribution in [1.82, 2.24) is 0 Å². The lowest BCUT2D eigenvalue weighted by Gasteiger charge is -2.26. The summed E-state index contributed by atoms with van der Waals surface area (Å²) in [5.74, 6) is 2.37. The molecule has 122 valence electrons. The average Bonchev–Trinajstić information content (AvgIpc) is 2.95. The van der Waals surface area contributed by atoms with Gasteiger partial charge >= 0.3 is 0 Å². The minimum Gasteiger partial charge on any atom is -0.0805 e. The second-order valence-electron chi connectivity index (χ2n) is 7.07. The zero-order valence-corrected chi connectivity index (χ0v) is 14.9. The molecule has 1 saturated carbocycles. The van der Waals surface area contributed by atoms with Gasteiger partial charge in [0, 0.05) is 0 Å². The van der Waals surface area contributed by atoms with Crippen LogP contribution >= 0.6 is 0 Å². The summed E-state index contributed by atoms with van der Waals surface area (Å²) in [6, 6.07) is 7.01. The number of rotatable bonds is 6. The standard InChI is InChI=1S/C23H30/c1-4-10-17-13-9-15-22(20(17)11-5-2)23-16-18-12-7-8-14-21(18)19(23)6-3/h7-9,12-15,18-19,21,23H,4-6,10-11H2,1-3H3. The van der Waals surface area contributed by atoms with Crippen LogP contribution in [0, 0.1) is 24.2 Å². The van der Waals surface area contributed by atoms with Gasteiger partial charge in [0.2, 0.25) is 0 Å². The first-order valence-electron chi connectivity index (χ1n) is 9.51. The fourth-order valence-corrected chi connectivity index (χ4v) is 4.59. The van der Waals surface area contributed by atoms with Gasteiger partial charge in [-0.1, -0.05) is 82.5 Å². The SMILES string of the molecule is CCCc1cccc(C2[C]C3C=CC=CC3C2CC)c1CCC. The highest BCUT2D eigenvalue weighted by molar-refractivity contribution is 5.42. The molecule has 2 aliphatic carbocycles. The van der Waals surface area contributed by atoms with Crippen LogP contribution in [0.4, 0.5) is 0 Å². The average molecular weight is 306 g/mol. The summed E-state index contributed by atoms with van der Waals surface area (Å²) in [7, 11) is 0. The molecule has 0 N–H and O–H groups in total. The summed E-state index contributed by atoms with van der Waals surface area (Å²) in [6.07, 6.45) is 19.2. The number of aryl methyl sites for hydroxylation is 1. The zero-order chi connectivity index (χ0) is 16.2. The predicted molar refractivity (Wildman–Crippen MR) is 99.5 cm³/mol. The topological polar surface area (TPSA) is 0 Å². The Kier molecular flexibility index (Phi) is 5.41. The molecule has 0 aromatic heterocycles. The number of allylic oxidation sites excluding steroid dienone is 4. The van der Waals surface area contributed by atoms with E-state index in [-0.39, 0.29) is 0 Å². The normalized spacial score (nSPS) is 29.0. The number of benzene rings is 1. The molecule has 23 heavy (non-hydrogen) atoms. The highest BCUT2D eigenvalue weighted by Gasteiger charge is 2.42. The molecule has 4 atom stereocenters. The zero-order valence-electron chi connectivity index (χ0n) is 14.9. The maximum Gasteiger partial charge on any atom is -0.000869 e. The van der Waals surface area contributed by atoms with E-state index in [1.54, 1.807) is 16.7 Å². The smallest absolute Gasteiger partial charge is 0.000869 e. The van der Waals surface area contributed by atoms with Crippen LogP contribution in [0.15, 0.2) is 42.5 Å². The molecule has 3 rings (SSSR count). The predicted octanol–water partition coefficient (Wildman–Crippen LogP) is 6.15. The Hall–Kier alpha value is -1.30. The van der Waals surface area contributed by atoms with Crippen molar-refractivity contribution >= 4 is 0 Å². The molecule has 0 aliphatic heterocycles. The Bertz CT molecular complexity index is 578. The molecule has 2 aliphatic rings. The summed E-state index contributed by atoms with van der Waals surface area (Å²) in [5, 5.41) is 0. The van der Waals surface area contributed by atoms with Crippen molar-refractivity contribution in [2.75, 3.05) is 0 Å². The van der Waals surface area contributed by atoms with Gasteiger partial charge in [0.1, 0.15) is 0 Å². The van der Waals surface area contributed by atoms with E-state index in [4.69, 9.17) is 0 Å². The van der Waals surface area contributed by atoms with Crippen molar-refractivity contribution in [1.29, 1.82) is 0 Å². The summed E-state index contributed by atoms with van der Waals surface area (Å²) < 4.78 is 0. The van der Waals surface area contributed by atoms with Crippen LogP contribution in [0.1, 0.15) is 62.6 Å². The number of hydrogen-bond acceptors (Lipinski definition) is 0. The van der Waals surface area contributed by atoms with Crippen molar-refractivity contribution in [3.8, 4) is 0 Å². The molecular formula is C23H30. The summed E-state index contributed by atoms with van der Waals surface area (Å²) in [5.41, 5.74) is 4.77. The molecule has 0 bridgehead atoms. The Labute approximate surface area is 142 Å². The van der Waals surface area contributed by atoms with Gasteiger partial charge in [-0.05, 0) is 59.6 Å². The van der Waals surface area contributed by atoms with Crippen LogP contribution in [0.3, 0.4) is 0 Å². The van der Waals surface area contributed by atoms with E-state index < -0.39 is 0 Å². The van der Waals surface area contributed by atoms with Gasteiger partial charge in [-0.2, -0.15) is 0 Å². The second kappa shape index (κ2) is 7.51. The number of hydrogen-bond donors (Lipinski definition) is 0. The molecule has 1 aromatic carbocycles. The van der Waals surface area contributed by atoms with Crippen LogP contribution in [-0.2, 0) is 12.8 Å². The van der Waals surface area contributed by atoms with Gasteiger partial charge in [0.25, 0.3) is 0 Å². The maximum atomic E-state index is 3.94. The van der Waals surface area contributed by atoms with Gasteiger partial charge in [-0.3, -0.25) is 0 Å². The maximum absolute atomic E-state index is 3.94. The van der Waals surface area contributed by atoms with Crippen molar-refractivity contribution in [3.63, 3.8) is 0 Å². The van der Waals surface area contributed by atoms with Crippen molar-refractivity contribution in [3.05, 3.63) is 65.6 Å². The van der Waals surface area contributed by atoms with Gasteiger partial charge in [-0.25, -0.2) is 0 Å². The van der Waals surface area contributed by atoms with Gasteiger partial charge in [-0.15, -0.1) is 0 Å². The highest BCUT2D eigenvalue weighted by Crippen LogP contribution is 2.51. The molecule has 2 radical (unpaired) electrons. The fraction of sp³-hybridized carbons (Fsp3) is 0.522. The Morgan fingerprint density at radius 1 is 0.957 bits per heavy atom. The Balaban J connectivity index is 1.98. The first-order valence-corrected chi connectivity index (χ1v) is 9.51. The first kappa shape index (κ1) is 16.6. The van der Waals surface area contributed by atoms with Crippen LogP contribution in [-0.4, -0.2) is 0 Å². The van der Waals surface area contributed by atoms with Crippen LogP contribution in [0.2, 0.25) is 0 Å². The minimum absolute atomic E-state index is 0.501. The molecule has 0 heteroatoms. The van der Waals surface area contributed by atoms with E-state index in [0.717, 1.165) is 0 Å². The third kappa shape index (κ3) is 3.18.